The van der Waals surface area contributed by atoms with Gasteiger partial charge in [-0.2, -0.15) is 4.68 Å². The maximum absolute atomic E-state index is 12.2. The molecule has 3 aromatic heterocycles. The third-order valence-corrected chi connectivity index (χ3v) is 6.79. The number of benzene rings is 1. The molecule has 27 heavy (non-hydrogen) atoms. The monoisotopic (exact) mass is 414 g/mol. The normalized spacial score (nSPS) is 10.9. The minimum Gasteiger partial charge on any atom is -0.312 e. The van der Waals surface area contributed by atoms with E-state index in [1.54, 1.807) is 34.3 Å². The summed E-state index contributed by atoms with van der Waals surface area (Å²) in [5.74, 6) is -0.162. The van der Waals surface area contributed by atoms with Gasteiger partial charge in [-0.05, 0) is 59.8 Å². The fourth-order valence-electron chi connectivity index (χ4n) is 2.25. The standard InChI is InChI=1S/C17H14N6OS3/c1-10-8-14(25-11(10)2)23-16(20-21-22-23)27-17-18-9-13(26-17)19-15(24)12-6-4-3-5-7-12/h3-9H,1-2H3,(H,19,24). The Labute approximate surface area is 167 Å². The number of carbonyl (C=O) groups is 1. The molecular formula is C17H14N6OS3. The summed E-state index contributed by atoms with van der Waals surface area (Å²) in [5.41, 5.74) is 1.81. The summed E-state index contributed by atoms with van der Waals surface area (Å²) in [4.78, 5) is 17.8. The van der Waals surface area contributed by atoms with Crippen LogP contribution in [-0.4, -0.2) is 31.1 Å². The zero-order valence-corrected chi connectivity index (χ0v) is 16.9. The van der Waals surface area contributed by atoms with Gasteiger partial charge in [0, 0.05) is 10.4 Å². The lowest BCUT2D eigenvalue weighted by Crippen LogP contribution is -2.10. The highest BCUT2D eigenvalue weighted by Crippen LogP contribution is 2.34. The zero-order valence-electron chi connectivity index (χ0n) is 14.4. The van der Waals surface area contributed by atoms with Gasteiger partial charge in [-0.3, -0.25) is 4.79 Å². The lowest BCUT2D eigenvalue weighted by Gasteiger charge is -2.01. The summed E-state index contributed by atoms with van der Waals surface area (Å²) >= 11 is 4.39. The van der Waals surface area contributed by atoms with Crippen LogP contribution in [0.4, 0.5) is 5.00 Å². The molecule has 0 bridgehead atoms. The number of aromatic nitrogens is 5. The van der Waals surface area contributed by atoms with Gasteiger partial charge in [-0.1, -0.05) is 29.5 Å². The van der Waals surface area contributed by atoms with Crippen LogP contribution in [0.5, 0.6) is 0 Å². The summed E-state index contributed by atoms with van der Waals surface area (Å²) in [6, 6.07) is 11.1. The second-order valence-electron chi connectivity index (χ2n) is 5.61. The molecule has 1 N–H and O–H groups in total. The average molecular weight is 415 g/mol. The average Bonchev–Trinajstić information content (AvgIpc) is 3.38. The molecule has 0 fully saturated rings. The third kappa shape index (κ3) is 3.92. The molecular weight excluding hydrogens is 400 g/mol. The van der Waals surface area contributed by atoms with E-state index in [-0.39, 0.29) is 5.91 Å². The van der Waals surface area contributed by atoms with Crippen LogP contribution >= 0.6 is 34.4 Å². The predicted molar refractivity (Wildman–Crippen MR) is 107 cm³/mol. The molecule has 0 saturated heterocycles. The van der Waals surface area contributed by atoms with E-state index < -0.39 is 0 Å². The molecule has 1 amide bonds. The molecule has 0 aliphatic rings. The lowest BCUT2D eigenvalue weighted by molar-refractivity contribution is 0.102. The number of anilines is 1. The van der Waals surface area contributed by atoms with Crippen LogP contribution < -0.4 is 5.32 Å². The van der Waals surface area contributed by atoms with Crippen LogP contribution in [-0.2, 0) is 0 Å². The van der Waals surface area contributed by atoms with Crippen molar-refractivity contribution >= 4 is 45.3 Å². The first-order chi connectivity index (χ1) is 13.1. The van der Waals surface area contributed by atoms with Gasteiger partial charge in [0.2, 0.25) is 5.16 Å². The number of nitrogens with zero attached hydrogens (tertiary/aromatic N) is 5. The number of amides is 1. The van der Waals surface area contributed by atoms with Crippen LogP contribution in [0.1, 0.15) is 20.8 Å². The van der Waals surface area contributed by atoms with Crippen LogP contribution in [0.25, 0.3) is 5.00 Å². The quantitative estimate of drug-likeness (QED) is 0.527. The van der Waals surface area contributed by atoms with Gasteiger partial charge >= 0.3 is 0 Å². The number of tetrazole rings is 1. The smallest absolute Gasteiger partial charge is 0.256 e. The Kier molecular flexibility index (Phi) is 5.01. The Balaban J connectivity index is 1.49. The Morgan fingerprint density at radius 2 is 2.00 bits per heavy atom. The molecule has 1 aromatic carbocycles. The second-order valence-corrected chi connectivity index (χ2v) is 9.09. The van der Waals surface area contributed by atoms with Gasteiger partial charge in [-0.15, -0.1) is 16.4 Å². The van der Waals surface area contributed by atoms with E-state index in [0.29, 0.717) is 15.7 Å². The molecule has 4 aromatic rings. The summed E-state index contributed by atoms with van der Waals surface area (Å²) in [5, 5.41) is 17.1. The summed E-state index contributed by atoms with van der Waals surface area (Å²) in [6.07, 6.45) is 1.64. The number of hydrogen-bond acceptors (Lipinski definition) is 8. The zero-order chi connectivity index (χ0) is 18.8. The van der Waals surface area contributed by atoms with Crippen LogP contribution in [0.3, 0.4) is 0 Å². The molecule has 0 unspecified atom stereocenters. The molecule has 0 aliphatic carbocycles. The van der Waals surface area contributed by atoms with E-state index in [1.165, 1.54) is 33.5 Å². The van der Waals surface area contributed by atoms with Crippen molar-refractivity contribution in [3.05, 3.63) is 58.6 Å². The van der Waals surface area contributed by atoms with Crippen molar-refractivity contribution in [3.63, 3.8) is 0 Å². The Morgan fingerprint density at radius 3 is 2.74 bits per heavy atom. The Hall–Kier alpha value is -2.56. The molecule has 0 atom stereocenters. The van der Waals surface area contributed by atoms with Gasteiger partial charge in [-0.25, -0.2) is 4.98 Å². The first kappa shape index (κ1) is 17.8. The van der Waals surface area contributed by atoms with Crippen molar-refractivity contribution in [1.29, 1.82) is 0 Å². The van der Waals surface area contributed by atoms with Crippen LogP contribution in [0, 0.1) is 13.8 Å². The minimum atomic E-state index is -0.162. The van der Waals surface area contributed by atoms with Crippen LogP contribution in [0.15, 0.2) is 52.1 Å². The van der Waals surface area contributed by atoms with Crippen LogP contribution in [0.2, 0.25) is 0 Å². The van der Waals surface area contributed by atoms with Gasteiger partial charge < -0.3 is 5.32 Å². The minimum absolute atomic E-state index is 0.162. The fourth-order valence-corrected chi connectivity index (χ4v) is 5.05. The van der Waals surface area contributed by atoms with E-state index >= 15 is 0 Å². The van der Waals surface area contributed by atoms with Crippen molar-refractivity contribution in [2.24, 2.45) is 0 Å². The molecule has 0 spiro atoms. The number of carbonyl (C=O) groups excluding carboxylic acids is 1. The number of thiazole rings is 1. The van der Waals surface area contributed by atoms with E-state index in [4.69, 9.17) is 0 Å². The van der Waals surface area contributed by atoms with E-state index in [0.717, 1.165) is 9.34 Å². The molecule has 0 radical (unpaired) electrons. The largest absolute Gasteiger partial charge is 0.312 e. The van der Waals surface area contributed by atoms with Gasteiger partial charge in [0.25, 0.3) is 5.91 Å². The molecule has 3 heterocycles. The predicted octanol–water partition coefficient (Wildman–Crippen LogP) is 4.20. The maximum atomic E-state index is 12.2. The van der Waals surface area contributed by atoms with Crippen molar-refractivity contribution in [3.8, 4) is 5.00 Å². The fraction of sp³-hybridized carbons (Fsp3) is 0.118. The molecule has 7 nitrogen and oxygen atoms in total. The Bertz CT molecular complexity index is 1070. The van der Waals surface area contributed by atoms with Gasteiger partial charge in [0.1, 0.15) is 10.0 Å². The maximum Gasteiger partial charge on any atom is 0.256 e. The number of nitrogens with one attached hydrogen (secondary N) is 1. The topological polar surface area (TPSA) is 85.6 Å². The van der Waals surface area contributed by atoms with E-state index in [2.05, 4.69) is 45.7 Å². The Morgan fingerprint density at radius 1 is 1.19 bits per heavy atom. The first-order valence-corrected chi connectivity index (χ1v) is 10.4. The van der Waals surface area contributed by atoms with Crippen molar-refractivity contribution in [2.45, 2.75) is 23.3 Å². The van der Waals surface area contributed by atoms with Gasteiger partial charge in [0.05, 0.1) is 6.20 Å². The first-order valence-electron chi connectivity index (χ1n) is 7.96. The number of aryl methyl sites for hydroxylation is 2. The third-order valence-electron chi connectivity index (χ3n) is 3.74. The SMILES string of the molecule is Cc1cc(-n2nnnc2Sc2ncc(NC(=O)c3ccccc3)s2)sc1C. The van der Waals surface area contributed by atoms with Crippen molar-refractivity contribution < 1.29 is 4.79 Å². The second kappa shape index (κ2) is 7.59. The molecule has 0 aliphatic heterocycles. The highest BCUT2D eigenvalue weighted by atomic mass is 32.2. The number of thiophene rings is 1. The molecule has 136 valence electrons. The molecule has 10 heteroatoms. The van der Waals surface area contributed by atoms with E-state index in [1.807, 2.05) is 18.2 Å². The summed E-state index contributed by atoms with van der Waals surface area (Å²) in [7, 11) is 0. The number of rotatable bonds is 5. The lowest BCUT2D eigenvalue weighted by atomic mass is 10.2. The van der Waals surface area contributed by atoms with Gasteiger partial charge in [0.15, 0.2) is 4.34 Å². The molecule has 0 saturated carbocycles. The molecule has 4 rings (SSSR count). The summed E-state index contributed by atoms with van der Waals surface area (Å²) in [6.45, 7) is 4.14. The summed E-state index contributed by atoms with van der Waals surface area (Å²) < 4.78 is 2.46. The number of hydrogen-bond donors (Lipinski definition) is 1. The highest BCUT2D eigenvalue weighted by Gasteiger charge is 2.16. The van der Waals surface area contributed by atoms with Crippen molar-refractivity contribution in [2.75, 3.05) is 5.32 Å². The highest BCUT2D eigenvalue weighted by molar-refractivity contribution is 8.01. The van der Waals surface area contributed by atoms with Crippen molar-refractivity contribution in [1.82, 2.24) is 25.2 Å². The van der Waals surface area contributed by atoms with E-state index in [9.17, 15) is 4.79 Å².